The Morgan fingerprint density at radius 3 is 2.69 bits per heavy atom. The Morgan fingerprint density at radius 2 is 2.06 bits per heavy atom. The second-order valence-corrected chi connectivity index (χ2v) is 5.98. The quantitative estimate of drug-likeness (QED) is 0.890. The van der Waals surface area contributed by atoms with Crippen molar-refractivity contribution in [1.29, 1.82) is 0 Å². The van der Waals surface area contributed by atoms with Crippen LogP contribution in [0.3, 0.4) is 0 Å². The van der Waals surface area contributed by atoms with Gasteiger partial charge < -0.3 is 10.2 Å². The predicted octanol–water partition coefficient (Wildman–Crippen LogP) is 3.11. The maximum Gasteiger partial charge on any atom is 0.140 e. The van der Waals surface area contributed by atoms with Crippen molar-refractivity contribution >= 4 is 37.7 Å². The highest BCUT2D eigenvalue weighted by Gasteiger charge is 2.17. The molecule has 0 saturated carbocycles. The van der Waals surface area contributed by atoms with Gasteiger partial charge in [-0.05, 0) is 70.9 Å². The Labute approximate surface area is 113 Å². The highest BCUT2D eigenvalue weighted by molar-refractivity contribution is 9.11. The van der Waals surface area contributed by atoms with E-state index in [1.807, 2.05) is 12.3 Å². The molecule has 0 radical (unpaired) electrons. The molecule has 1 fully saturated rings. The smallest absolute Gasteiger partial charge is 0.140 e. The Kier molecular flexibility index (Phi) is 4.21. The van der Waals surface area contributed by atoms with E-state index in [1.54, 1.807) is 0 Å². The highest BCUT2D eigenvalue weighted by Crippen LogP contribution is 2.25. The second kappa shape index (κ2) is 5.47. The van der Waals surface area contributed by atoms with E-state index < -0.39 is 0 Å². The van der Waals surface area contributed by atoms with Crippen molar-refractivity contribution in [3.8, 4) is 0 Å². The van der Waals surface area contributed by atoms with Gasteiger partial charge in [-0.3, -0.25) is 0 Å². The molecule has 0 spiro atoms. The Morgan fingerprint density at radius 1 is 1.38 bits per heavy atom. The number of aromatic nitrogens is 1. The van der Waals surface area contributed by atoms with E-state index in [4.69, 9.17) is 0 Å². The van der Waals surface area contributed by atoms with Crippen LogP contribution in [0.25, 0.3) is 0 Å². The van der Waals surface area contributed by atoms with Crippen LogP contribution in [0.2, 0.25) is 0 Å². The molecule has 1 N–H and O–H groups in total. The zero-order valence-corrected chi connectivity index (χ0v) is 12.4. The SMILES string of the molecule is CN1CCC(Nc2ncc(Br)cc2Br)CC1. The lowest BCUT2D eigenvalue weighted by Gasteiger charge is -2.30. The van der Waals surface area contributed by atoms with Crippen LogP contribution in [0.5, 0.6) is 0 Å². The van der Waals surface area contributed by atoms with Gasteiger partial charge >= 0.3 is 0 Å². The van der Waals surface area contributed by atoms with E-state index in [-0.39, 0.29) is 0 Å². The molecule has 0 aliphatic carbocycles. The lowest BCUT2D eigenvalue weighted by atomic mass is 10.1. The number of rotatable bonds is 2. The largest absolute Gasteiger partial charge is 0.366 e. The summed E-state index contributed by atoms with van der Waals surface area (Å²) in [4.78, 5) is 6.74. The van der Waals surface area contributed by atoms with Crippen molar-refractivity contribution in [2.75, 3.05) is 25.5 Å². The van der Waals surface area contributed by atoms with Crippen LogP contribution in [0.15, 0.2) is 21.2 Å². The van der Waals surface area contributed by atoms with Crippen LogP contribution in [-0.4, -0.2) is 36.1 Å². The van der Waals surface area contributed by atoms with Gasteiger partial charge in [-0.25, -0.2) is 4.98 Å². The van der Waals surface area contributed by atoms with Gasteiger partial charge in [0.15, 0.2) is 0 Å². The molecule has 1 aliphatic heterocycles. The van der Waals surface area contributed by atoms with Gasteiger partial charge in [-0.1, -0.05) is 0 Å². The number of halogens is 2. The molecule has 16 heavy (non-hydrogen) atoms. The van der Waals surface area contributed by atoms with Crippen molar-refractivity contribution < 1.29 is 0 Å². The van der Waals surface area contributed by atoms with Crippen LogP contribution >= 0.6 is 31.9 Å². The van der Waals surface area contributed by atoms with Crippen molar-refractivity contribution in [2.24, 2.45) is 0 Å². The summed E-state index contributed by atoms with van der Waals surface area (Å²) in [5, 5.41) is 3.49. The second-order valence-electron chi connectivity index (χ2n) is 4.21. The summed E-state index contributed by atoms with van der Waals surface area (Å²) in [5.41, 5.74) is 0. The van der Waals surface area contributed by atoms with E-state index in [9.17, 15) is 0 Å². The third-order valence-electron chi connectivity index (χ3n) is 2.87. The van der Waals surface area contributed by atoms with Gasteiger partial charge in [0.05, 0.1) is 4.47 Å². The molecule has 1 aliphatic rings. The first-order valence-electron chi connectivity index (χ1n) is 5.41. The Hall–Kier alpha value is -0.130. The standard InChI is InChI=1S/C11H15Br2N3/c1-16-4-2-9(3-5-16)15-11-10(13)6-8(12)7-14-11/h6-7,9H,2-5H2,1H3,(H,14,15). The minimum absolute atomic E-state index is 0.543. The summed E-state index contributed by atoms with van der Waals surface area (Å²) in [6, 6.07) is 2.56. The number of nitrogens with one attached hydrogen (secondary N) is 1. The lowest BCUT2D eigenvalue weighted by molar-refractivity contribution is 0.263. The molecule has 0 atom stereocenters. The zero-order chi connectivity index (χ0) is 11.5. The fourth-order valence-electron chi connectivity index (χ4n) is 1.87. The molecule has 1 aromatic rings. The minimum atomic E-state index is 0.543. The van der Waals surface area contributed by atoms with Gasteiger partial charge in [0.1, 0.15) is 5.82 Å². The van der Waals surface area contributed by atoms with E-state index in [1.165, 1.54) is 12.8 Å². The molecule has 5 heteroatoms. The van der Waals surface area contributed by atoms with Crippen LogP contribution in [0, 0.1) is 0 Å². The van der Waals surface area contributed by atoms with Gasteiger partial charge in [0.2, 0.25) is 0 Å². The molecule has 0 unspecified atom stereocenters. The molecule has 88 valence electrons. The molecule has 1 saturated heterocycles. The first-order valence-corrected chi connectivity index (χ1v) is 7.00. The molecule has 2 heterocycles. The van der Waals surface area contributed by atoms with E-state index in [0.717, 1.165) is 27.9 Å². The van der Waals surface area contributed by atoms with Crippen molar-refractivity contribution in [1.82, 2.24) is 9.88 Å². The molecule has 2 rings (SSSR count). The summed E-state index contributed by atoms with van der Waals surface area (Å²) in [6.07, 6.45) is 4.18. The molecule has 0 aromatic carbocycles. The number of likely N-dealkylation sites (tertiary alicyclic amines) is 1. The first kappa shape index (κ1) is 12.3. The van der Waals surface area contributed by atoms with Crippen molar-refractivity contribution in [2.45, 2.75) is 18.9 Å². The minimum Gasteiger partial charge on any atom is -0.366 e. The number of anilines is 1. The predicted molar refractivity (Wildman–Crippen MR) is 73.8 cm³/mol. The summed E-state index contributed by atoms with van der Waals surface area (Å²) >= 11 is 6.92. The summed E-state index contributed by atoms with van der Waals surface area (Å²) < 4.78 is 2.01. The average molecular weight is 349 g/mol. The number of hydrogen-bond acceptors (Lipinski definition) is 3. The fourth-order valence-corrected chi connectivity index (χ4v) is 2.97. The fraction of sp³-hybridized carbons (Fsp3) is 0.545. The normalized spacial score (nSPS) is 18.7. The first-order chi connectivity index (χ1) is 7.65. The van der Waals surface area contributed by atoms with E-state index in [0.29, 0.717) is 6.04 Å². The molecule has 0 bridgehead atoms. The van der Waals surface area contributed by atoms with Crippen LogP contribution < -0.4 is 5.32 Å². The van der Waals surface area contributed by atoms with Gasteiger partial charge in [-0.2, -0.15) is 0 Å². The molecular formula is C11H15Br2N3. The maximum atomic E-state index is 4.37. The third kappa shape index (κ3) is 3.18. The number of piperidine rings is 1. The van der Waals surface area contributed by atoms with Crippen LogP contribution in [0.1, 0.15) is 12.8 Å². The molecular weight excluding hydrogens is 334 g/mol. The molecule has 1 aromatic heterocycles. The number of hydrogen-bond donors (Lipinski definition) is 1. The van der Waals surface area contributed by atoms with Gasteiger partial charge in [0.25, 0.3) is 0 Å². The lowest BCUT2D eigenvalue weighted by Crippen LogP contribution is -2.36. The number of pyridine rings is 1. The van der Waals surface area contributed by atoms with Gasteiger partial charge in [-0.15, -0.1) is 0 Å². The topological polar surface area (TPSA) is 28.2 Å². The molecule has 0 amide bonds. The third-order valence-corrected chi connectivity index (χ3v) is 3.91. The zero-order valence-electron chi connectivity index (χ0n) is 9.21. The average Bonchev–Trinajstić information content (AvgIpc) is 2.25. The summed E-state index contributed by atoms with van der Waals surface area (Å²) in [6.45, 7) is 2.32. The van der Waals surface area contributed by atoms with Crippen molar-refractivity contribution in [3.05, 3.63) is 21.2 Å². The Balaban J connectivity index is 1.98. The Bertz CT molecular complexity index is 362. The molecule has 3 nitrogen and oxygen atoms in total. The maximum absolute atomic E-state index is 4.37. The van der Waals surface area contributed by atoms with E-state index in [2.05, 4.69) is 54.1 Å². The van der Waals surface area contributed by atoms with Crippen LogP contribution in [-0.2, 0) is 0 Å². The van der Waals surface area contributed by atoms with Crippen molar-refractivity contribution in [3.63, 3.8) is 0 Å². The van der Waals surface area contributed by atoms with Gasteiger partial charge in [0, 0.05) is 16.7 Å². The monoisotopic (exact) mass is 347 g/mol. The number of nitrogens with zero attached hydrogens (tertiary/aromatic N) is 2. The van der Waals surface area contributed by atoms with E-state index >= 15 is 0 Å². The van der Waals surface area contributed by atoms with Crippen LogP contribution in [0.4, 0.5) is 5.82 Å². The summed E-state index contributed by atoms with van der Waals surface area (Å²) in [5.74, 6) is 0.942. The highest BCUT2D eigenvalue weighted by atomic mass is 79.9. The summed E-state index contributed by atoms with van der Waals surface area (Å²) in [7, 11) is 2.17.